The zero-order valence-corrected chi connectivity index (χ0v) is 11.9. The molecule has 0 atom stereocenters. The van der Waals surface area contributed by atoms with Crippen molar-refractivity contribution in [2.45, 2.75) is 40.0 Å². The number of aromatic nitrogens is 2. The average Bonchev–Trinajstić information content (AvgIpc) is 2.77. The summed E-state index contributed by atoms with van der Waals surface area (Å²) >= 11 is 0. The molecule has 19 heavy (non-hydrogen) atoms. The Bertz CT molecular complexity index is 630. The number of nitriles is 1. The third-order valence-corrected chi connectivity index (χ3v) is 3.23. The van der Waals surface area contributed by atoms with Crippen LogP contribution in [0.1, 0.15) is 42.3 Å². The van der Waals surface area contributed by atoms with Gasteiger partial charge in [0.25, 0.3) is 0 Å². The third-order valence-electron chi connectivity index (χ3n) is 3.23. The molecule has 2 aromatic rings. The summed E-state index contributed by atoms with van der Waals surface area (Å²) in [5.74, 6) is 0.375. The van der Waals surface area contributed by atoms with Gasteiger partial charge in [-0.2, -0.15) is 10.4 Å². The van der Waals surface area contributed by atoms with Gasteiger partial charge < -0.3 is 0 Å². The van der Waals surface area contributed by atoms with Crippen LogP contribution in [0.4, 0.5) is 0 Å². The lowest BCUT2D eigenvalue weighted by molar-refractivity contribution is 0.726. The maximum absolute atomic E-state index is 8.83. The molecule has 3 nitrogen and oxygen atoms in total. The van der Waals surface area contributed by atoms with Gasteiger partial charge in [0, 0.05) is 5.69 Å². The molecule has 0 amide bonds. The molecule has 1 aromatic carbocycles. The minimum atomic E-state index is 0.359. The Hall–Kier alpha value is -2.08. The van der Waals surface area contributed by atoms with E-state index in [9.17, 15) is 0 Å². The van der Waals surface area contributed by atoms with Gasteiger partial charge in [-0.25, -0.2) is 4.68 Å². The summed E-state index contributed by atoms with van der Waals surface area (Å²) in [5, 5.41) is 13.4. The van der Waals surface area contributed by atoms with Crippen molar-refractivity contribution in [1.82, 2.24) is 9.78 Å². The van der Waals surface area contributed by atoms with Crippen molar-refractivity contribution >= 4 is 0 Å². The zero-order chi connectivity index (χ0) is 14.0. The van der Waals surface area contributed by atoms with Gasteiger partial charge in [0.2, 0.25) is 0 Å². The van der Waals surface area contributed by atoms with E-state index >= 15 is 0 Å². The van der Waals surface area contributed by atoms with Crippen molar-refractivity contribution < 1.29 is 0 Å². The normalized spacial score (nSPS) is 10.7. The molecule has 0 spiro atoms. The second kappa shape index (κ2) is 5.27. The lowest BCUT2D eigenvalue weighted by atomic mass is 10.1. The molecule has 0 radical (unpaired) electrons. The predicted octanol–water partition coefficient (Wildman–Crippen LogP) is 3.68. The van der Waals surface area contributed by atoms with Crippen LogP contribution in [0.2, 0.25) is 0 Å². The van der Waals surface area contributed by atoms with Crippen LogP contribution in [0.5, 0.6) is 0 Å². The number of benzene rings is 1. The van der Waals surface area contributed by atoms with E-state index in [1.54, 1.807) is 0 Å². The first-order chi connectivity index (χ1) is 9.02. The van der Waals surface area contributed by atoms with E-state index in [1.807, 2.05) is 10.7 Å². The van der Waals surface area contributed by atoms with Crippen molar-refractivity contribution in [1.29, 1.82) is 5.26 Å². The Morgan fingerprint density at radius 1 is 1.26 bits per heavy atom. The molecule has 98 valence electrons. The lowest BCUT2D eigenvalue weighted by Crippen LogP contribution is -2.06. The number of hydrogen-bond acceptors (Lipinski definition) is 2. The fourth-order valence-electron chi connectivity index (χ4n) is 2.17. The van der Waals surface area contributed by atoms with Crippen LogP contribution < -0.4 is 0 Å². The van der Waals surface area contributed by atoms with Crippen LogP contribution in [-0.2, 0) is 6.42 Å². The summed E-state index contributed by atoms with van der Waals surface area (Å²) in [5.41, 5.74) is 5.51. The second-order valence-electron chi connectivity index (χ2n) is 5.25. The number of nitrogens with zero attached hydrogens (tertiary/aromatic N) is 3. The van der Waals surface area contributed by atoms with Crippen molar-refractivity contribution in [2.24, 2.45) is 0 Å². The molecule has 0 fully saturated rings. The van der Waals surface area contributed by atoms with Gasteiger partial charge in [-0.3, -0.25) is 0 Å². The smallest absolute Gasteiger partial charge is 0.0793 e. The first kappa shape index (κ1) is 13.4. The molecule has 0 unspecified atom stereocenters. The van der Waals surface area contributed by atoms with Crippen LogP contribution >= 0.6 is 0 Å². The molecule has 2 rings (SSSR count). The van der Waals surface area contributed by atoms with Gasteiger partial charge in [0.05, 0.1) is 23.9 Å². The van der Waals surface area contributed by atoms with Crippen molar-refractivity contribution in [3.8, 4) is 11.8 Å². The van der Waals surface area contributed by atoms with E-state index in [0.717, 1.165) is 17.1 Å². The summed E-state index contributed by atoms with van der Waals surface area (Å²) in [6.45, 7) is 8.46. The molecule has 1 aromatic heterocycles. The molecule has 0 bridgehead atoms. The largest absolute Gasteiger partial charge is 0.237 e. The van der Waals surface area contributed by atoms with E-state index in [4.69, 9.17) is 5.26 Å². The van der Waals surface area contributed by atoms with Crippen LogP contribution in [0.15, 0.2) is 24.3 Å². The minimum absolute atomic E-state index is 0.359. The molecular weight excluding hydrogens is 234 g/mol. The molecular formula is C16H19N3. The van der Waals surface area contributed by atoms with E-state index in [-0.39, 0.29) is 0 Å². The monoisotopic (exact) mass is 253 g/mol. The van der Waals surface area contributed by atoms with Crippen LogP contribution in [-0.4, -0.2) is 9.78 Å². The van der Waals surface area contributed by atoms with Gasteiger partial charge in [-0.1, -0.05) is 26.0 Å². The molecule has 1 heterocycles. The first-order valence-electron chi connectivity index (χ1n) is 6.56. The van der Waals surface area contributed by atoms with Crippen LogP contribution in [0, 0.1) is 25.2 Å². The summed E-state index contributed by atoms with van der Waals surface area (Å²) in [6, 6.07) is 10.6. The summed E-state index contributed by atoms with van der Waals surface area (Å²) in [7, 11) is 0. The molecule has 0 saturated heterocycles. The van der Waals surface area contributed by atoms with E-state index < -0.39 is 0 Å². The highest BCUT2D eigenvalue weighted by atomic mass is 15.3. The maximum Gasteiger partial charge on any atom is 0.0793 e. The standard InChI is InChI=1S/C16H19N3/c1-11(2)15-10-14(7-8-17)18-19(15)16-9-12(3)5-6-13(16)4/h5-6,9-11H,7H2,1-4H3. The van der Waals surface area contributed by atoms with Crippen molar-refractivity contribution in [2.75, 3.05) is 0 Å². The first-order valence-corrected chi connectivity index (χ1v) is 6.56. The Balaban J connectivity index is 2.60. The highest BCUT2D eigenvalue weighted by Crippen LogP contribution is 2.23. The van der Waals surface area contributed by atoms with Crippen LogP contribution in [0.25, 0.3) is 5.69 Å². The third kappa shape index (κ3) is 2.68. The fraction of sp³-hybridized carbons (Fsp3) is 0.375. The fourth-order valence-corrected chi connectivity index (χ4v) is 2.17. The van der Waals surface area contributed by atoms with Gasteiger partial charge in [0.15, 0.2) is 0 Å². The maximum atomic E-state index is 8.83. The highest BCUT2D eigenvalue weighted by molar-refractivity contribution is 5.44. The molecule has 0 aliphatic heterocycles. The zero-order valence-electron chi connectivity index (χ0n) is 11.9. The van der Waals surface area contributed by atoms with Gasteiger partial charge >= 0.3 is 0 Å². The SMILES string of the molecule is Cc1ccc(C)c(-n2nc(CC#N)cc2C(C)C)c1. The van der Waals surface area contributed by atoms with Gasteiger partial charge in [-0.05, 0) is 43.0 Å². The predicted molar refractivity (Wildman–Crippen MR) is 76.4 cm³/mol. The summed E-state index contributed by atoms with van der Waals surface area (Å²) in [6.07, 6.45) is 0.359. The van der Waals surface area contributed by atoms with Gasteiger partial charge in [0.1, 0.15) is 0 Å². The molecule has 0 saturated carbocycles. The topological polar surface area (TPSA) is 41.6 Å². The average molecular weight is 253 g/mol. The minimum Gasteiger partial charge on any atom is -0.237 e. The van der Waals surface area contributed by atoms with E-state index in [2.05, 4.69) is 57.1 Å². The number of rotatable bonds is 3. The summed E-state index contributed by atoms with van der Waals surface area (Å²) in [4.78, 5) is 0. The molecule has 3 heteroatoms. The molecule has 0 N–H and O–H groups in total. The molecule has 0 aliphatic rings. The Labute approximate surface area is 114 Å². The van der Waals surface area contributed by atoms with Gasteiger partial charge in [-0.15, -0.1) is 0 Å². The van der Waals surface area contributed by atoms with E-state index in [1.165, 1.54) is 11.1 Å². The van der Waals surface area contributed by atoms with Crippen LogP contribution in [0.3, 0.4) is 0 Å². The summed E-state index contributed by atoms with van der Waals surface area (Å²) < 4.78 is 1.99. The quantitative estimate of drug-likeness (QED) is 0.837. The van der Waals surface area contributed by atoms with Crippen molar-refractivity contribution in [3.05, 3.63) is 46.8 Å². The Morgan fingerprint density at radius 2 is 2.00 bits per heavy atom. The Kier molecular flexibility index (Phi) is 3.71. The highest BCUT2D eigenvalue weighted by Gasteiger charge is 2.14. The Morgan fingerprint density at radius 3 is 2.63 bits per heavy atom. The molecule has 0 aliphatic carbocycles. The number of aryl methyl sites for hydroxylation is 2. The number of hydrogen-bond donors (Lipinski definition) is 0. The second-order valence-corrected chi connectivity index (χ2v) is 5.25. The lowest BCUT2D eigenvalue weighted by Gasteiger charge is -2.13. The van der Waals surface area contributed by atoms with E-state index in [0.29, 0.717) is 12.3 Å². The van der Waals surface area contributed by atoms with Crippen molar-refractivity contribution in [3.63, 3.8) is 0 Å².